The molecule has 0 aliphatic heterocycles. The number of aromatic nitrogens is 2. The van der Waals surface area contributed by atoms with Gasteiger partial charge in [0, 0.05) is 12.5 Å². The van der Waals surface area contributed by atoms with Crippen molar-refractivity contribution >= 4 is 7.12 Å². The lowest BCUT2D eigenvalue weighted by molar-refractivity contribution is 0.402. The maximum Gasteiger partial charge on any atom is 0.457 e. The van der Waals surface area contributed by atoms with Crippen LogP contribution < -0.4 is 0 Å². The highest BCUT2D eigenvalue weighted by Crippen LogP contribution is 2.28. The van der Waals surface area contributed by atoms with Crippen molar-refractivity contribution in [1.29, 1.82) is 0 Å². The highest BCUT2D eigenvalue weighted by Gasteiger charge is 2.18. The summed E-state index contributed by atoms with van der Waals surface area (Å²) in [5.74, 6) is 0. The molecule has 2 rings (SSSR count). The molecule has 1 aliphatic rings. The lowest BCUT2D eigenvalue weighted by atomic mass is 9.85. The minimum atomic E-state index is -1.29. The Morgan fingerprint density at radius 3 is 2.79 bits per heavy atom. The van der Waals surface area contributed by atoms with Gasteiger partial charge in [0.25, 0.3) is 0 Å². The van der Waals surface area contributed by atoms with Crippen LogP contribution in [-0.4, -0.2) is 26.9 Å². The van der Waals surface area contributed by atoms with Crippen LogP contribution in [0, 0.1) is 0 Å². The molecule has 0 saturated heterocycles. The third-order valence-electron chi connectivity index (χ3n) is 2.75. The molecule has 2 N–H and O–H groups in total. The van der Waals surface area contributed by atoms with Gasteiger partial charge in [0.2, 0.25) is 0 Å². The Labute approximate surface area is 83.7 Å². The van der Waals surface area contributed by atoms with Crippen LogP contribution in [-0.2, 0) is 6.32 Å². The van der Waals surface area contributed by atoms with Crippen LogP contribution in [0.1, 0.15) is 37.4 Å². The number of nitrogens with zero attached hydrogens (tertiary/aromatic N) is 2. The lowest BCUT2D eigenvalue weighted by Gasteiger charge is -2.08. The highest BCUT2D eigenvalue weighted by atomic mass is 16.4. The Hall–Kier alpha value is -0.805. The molecule has 1 saturated carbocycles. The van der Waals surface area contributed by atoms with Crippen LogP contribution in [0.5, 0.6) is 0 Å². The van der Waals surface area contributed by atoms with Gasteiger partial charge in [-0.25, -0.2) is 0 Å². The van der Waals surface area contributed by atoms with Gasteiger partial charge in [-0.15, -0.1) is 0 Å². The molecule has 0 radical (unpaired) electrons. The van der Waals surface area contributed by atoms with E-state index in [1.54, 1.807) is 0 Å². The standard InChI is InChI=1S/C9H15BN2O2/c13-10(14)7-8-5-6-12(11-8)9-3-1-2-4-9/h5-6,9,13-14H,1-4,7H2. The van der Waals surface area contributed by atoms with E-state index in [0.717, 1.165) is 5.69 Å². The molecule has 1 aromatic heterocycles. The van der Waals surface area contributed by atoms with Gasteiger partial charge in [-0.05, 0) is 18.9 Å². The van der Waals surface area contributed by atoms with Gasteiger partial charge in [-0.2, -0.15) is 5.10 Å². The number of rotatable bonds is 3. The zero-order valence-corrected chi connectivity index (χ0v) is 8.13. The second-order valence-corrected chi connectivity index (χ2v) is 3.91. The van der Waals surface area contributed by atoms with Crippen molar-refractivity contribution in [3.8, 4) is 0 Å². The quantitative estimate of drug-likeness (QED) is 0.691. The molecule has 1 aromatic rings. The monoisotopic (exact) mass is 194 g/mol. The Balaban J connectivity index is 2.01. The van der Waals surface area contributed by atoms with Crippen LogP contribution in [0.4, 0.5) is 0 Å². The normalized spacial score (nSPS) is 17.6. The molecule has 14 heavy (non-hydrogen) atoms. The second-order valence-electron chi connectivity index (χ2n) is 3.91. The van der Waals surface area contributed by atoms with Crippen LogP contribution in [0.25, 0.3) is 0 Å². The lowest BCUT2D eigenvalue weighted by Crippen LogP contribution is -2.16. The van der Waals surface area contributed by atoms with Crippen LogP contribution >= 0.6 is 0 Å². The van der Waals surface area contributed by atoms with E-state index < -0.39 is 7.12 Å². The summed E-state index contributed by atoms with van der Waals surface area (Å²) in [5, 5.41) is 21.9. The van der Waals surface area contributed by atoms with Crippen molar-refractivity contribution in [3.63, 3.8) is 0 Å². The van der Waals surface area contributed by atoms with E-state index in [2.05, 4.69) is 5.10 Å². The fraction of sp³-hybridized carbons (Fsp3) is 0.667. The van der Waals surface area contributed by atoms with Gasteiger partial charge < -0.3 is 10.0 Å². The van der Waals surface area contributed by atoms with Gasteiger partial charge >= 0.3 is 7.12 Å². The highest BCUT2D eigenvalue weighted by molar-refractivity contribution is 6.40. The fourth-order valence-electron chi connectivity index (χ4n) is 2.05. The molecule has 5 heteroatoms. The van der Waals surface area contributed by atoms with E-state index in [1.165, 1.54) is 25.7 Å². The zero-order valence-electron chi connectivity index (χ0n) is 8.13. The summed E-state index contributed by atoms with van der Waals surface area (Å²) in [6.45, 7) is 0. The molecular weight excluding hydrogens is 179 g/mol. The number of hydrogen-bond acceptors (Lipinski definition) is 3. The van der Waals surface area contributed by atoms with Crippen molar-refractivity contribution in [2.45, 2.75) is 38.0 Å². The predicted molar refractivity (Wildman–Crippen MR) is 53.6 cm³/mol. The van der Waals surface area contributed by atoms with Crippen LogP contribution in [0.3, 0.4) is 0 Å². The first-order valence-electron chi connectivity index (χ1n) is 5.16. The van der Waals surface area contributed by atoms with E-state index in [4.69, 9.17) is 10.0 Å². The van der Waals surface area contributed by atoms with Gasteiger partial charge in [-0.1, -0.05) is 12.8 Å². The first-order chi connectivity index (χ1) is 6.75. The summed E-state index contributed by atoms with van der Waals surface area (Å²) in [7, 11) is -1.29. The van der Waals surface area contributed by atoms with Crippen molar-refractivity contribution in [2.75, 3.05) is 0 Å². The first-order valence-corrected chi connectivity index (χ1v) is 5.16. The zero-order chi connectivity index (χ0) is 9.97. The van der Waals surface area contributed by atoms with E-state index in [9.17, 15) is 0 Å². The third kappa shape index (κ3) is 2.16. The maximum absolute atomic E-state index is 8.79. The van der Waals surface area contributed by atoms with Gasteiger partial charge in [0.1, 0.15) is 0 Å². The second kappa shape index (κ2) is 4.15. The molecule has 1 heterocycles. The molecular formula is C9H15BN2O2. The summed E-state index contributed by atoms with van der Waals surface area (Å²) in [4.78, 5) is 0. The van der Waals surface area contributed by atoms with E-state index in [0.29, 0.717) is 6.04 Å². The molecule has 4 nitrogen and oxygen atoms in total. The van der Waals surface area contributed by atoms with E-state index >= 15 is 0 Å². The summed E-state index contributed by atoms with van der Waals surface area (Å²) >= 11 is 0. The molecule has 1 fully saturated rings. The summed E-state index contributed by atoms with van der Waals surface area (Å²) in [6.07, 6.45) is 7.12. The van der Waals surface area contributed by atoms with E-state index in [1.807, 2.05) is 16.9 Å². The van der Waals surface area contributed by atoms with Crippen molar-refractivity contribution in [2.24, 2.45) is 0 Å². The summed E-state index contributed by atoms with van der Waals surface area (Å²) in [5.41, 5.74) is 0.756. The Morgan fingerprint density at radius 1 is 1.43 bits per heavy atom. The number of hydrogen-bond donors (Lipinski definition) is 2. The van der Waals surface area contributed by atoms with Gasteiger partial charge in [0.05, 0.1) is 11.7 Å². The first kappa shape index (κ1) is 9.74. The Bertz CT molecular complexity index is 295. The summed E-state index contributed by atoms with van der Waals surface area (Å²) < 4.78 is 1.96. The maximum atomic E-state index is 8.79. The minimum absolute atomic E-state index is 0.222. The minimum Gasteiger partial charge on any atom is -0.427 e. The molecule has 0 spiro atoms. The predicted octanol–water partition coefficient (Wildman–Crippen LogP) is 0.553. The average Bonchev–Trinajstić information content (AvgIpc) is 2.69. The van der Waals surface area contributed by atoms with E-state index in [-0.39, 0.29) is 6.32 Å². The summed E-state index contributed by atoms with van der Waals surface area (Å²) in [6, 6.07) is 2.39. The van der Waals surface area contributed by atoms with Crippen LogP contribution in [0.2, 0.25) is 0 Å². The van der Waals surface area contributed by atoms with Gasteiger partial charge in [-0.3, -0.25) is 4.68 Å². The van der Waals surface area contributed by atoms with Crippen LogP contribution in [0.15, 0.2) is 12.3 Å². The van der Waals surface area contributed by atoms with Crippen molar-refractivity contribution in [3.05, 3.63) is 18.0 Å². The molecule has 0 atom stereocenters. The van der Waals surface area contributed by atoms with Crippen molar-refractivity contribution < 1.29 is 10.0 Å². The Morgan fingerprint density at radius 2 is 2.14 bits per heavy atom. The molecule has 0 aromatic carbocycles. The SMILES string of the molecule is OB(O)Cc1ccn(C2CCCC2)n1. The molecule has 0 bridgehead atoms. The molecule has 0 amide bonds. The van der Waals surface area contributed by atoms with Gasteiger partial charge in [0.15, 0.2) is 0 Å². The molecule has 0 unspecified atom stereocenters. The smallest absolute Gasteiger partial charge is 0.427 e. The Kier molecular flexibility index (Phi) is 2.89. The molecule has 76 valence electrons. The third-order valence-corrected chi connectivity index (χ3v) is 2.75. The topological polar surface area (TPSA) is 58.3 Å². The van der Waals surface area contributed by atoms with Crippen molar-refractivity contribution in [1.82, 2.24) is 9.78 Å². The average molecular weight is 194 g/mol. The fourth-order valence-corrected chi connectivity index (χ4v) is 2.05. The largest absolute Gasteiger partial charge is 0.457 e. The molecule has 1 aliphatic carbocycles.